The van der Waals surface area contributed by atoms with Gasteiger partial charge in [-0.3, -0.25) is 4.79 Å². The molecule has 1 amide bonds. The van der Waals surface area contributed by atoms with Crippen LogP contribution < -0.4 is 16.4 Å². The number of aromatic nitrogens is 2. The summed E-state index contributed by atoms with van der Waals surface area (Å²) in [6.07, 6.45) is 0. The van der Waals surface area contributed by atoms with Crippen LogP contribution in [0.3, 0.4) is 0 Å². The minimum Gasteiger partial charge on any atom is -0.406 e. The smallest absolute Gasteiger partial charge is 0.320 e. The molecule has 0 unspecified atom stereocenters. The van der Waals surface area contributed by atoms with Crippen LogP contribution in [0.25, 0.3) is 0 Å². The number of anilines is 2. The zero-order valence-electron chi connectivity index (χ0n) is 11.4. The number of primary amides is 1. The number of hydrogen-bond acceptors (Lipinski definition) is 6. The van der Waals surface area contributed by atoms with Crippen molar-refractivity contribution in [1.82, 2.24) is 15.5 Å². The van der Waals surface area contributed by atoms with Gasteiger partial charge in [-0.25, -0.2) is 0 Å². The molecule has 0 fully saturated rings. The van der Waals surface area contributed by atoms with E-state index < -0.39 is 5.91 Å². The topological polar surface area (TPSA) is 106 Å². The second-order valence-electron chi connectivity index (χ2n) is 4.60. The fourth-order valence-corrected chi connectivity index (χ4v) is 1.51. The van der Waals surface area contributed by atoms with Crippen molar-refractivity contribution in [2.24, 2.45) is 5.73 Å². The van der Waals surface area contributed by atoms with Crippen molar-refractivity contribution in [3.05, 3.63) is 35.7 Å². The molecule has 0 atom stereocenters. The van der Waals surface area contributed by atoms with Gasteiger partial charge in [0, 0.05) is 17.3 Å². The number of benzene rings is 1. The van der Waals surface area contributed by atoms with E-state index in [1.165, 1.54) is 0 Å². The number of nitrogens with one attached hydrogen (secondary N) is 2. The van der Waals surface area contributed by atoms with Crippen molar-refractivity contribution in [3.8, 4) is 0 Å². The van der Waals surface area contributed by atoms with Gasteiger partial charge in [-0.2, -0.15) is 0 Å². The molecule has 2 rings (SSSR count). The van der Waals surface area contributed by atoms with E-state index in [1.807, 2.05) is 13.8 Å². The van der Waals surface area contributed by atoms with Crippen molar-refractivity contribution in [2.75, 3.05) is 5.32 Å². The molecule has 0 radical (unpaired) electrons. The van der Waals surface area contributed by atoms with Crippen LogP contribution >= 0.6 is 0 Å². The van der Waals surface area contributed by atoms with Gasteiger partial charge < -0.3 is 20.8 Å². The third-order valence-electron chi connectivity index (χ3n) is 2.55. The van der Waals surface area contributed by atoms with Gasteiger partial charge in [0.25, 0.3) is 0 Å². The van der Waals surface area contributed by atoms with E-state index in [9.17, 15) is 4.79 Å². The van der Waals surface area contributed by atoms with Crippen LogP contribution in [-0.4, -0.2) is 22.1 Å². The Kier molecular flexibility index (Phi) is 4.31. The van der Waals surface area contributed by atoms with Crippen LogP contribution in [0.2, 0.25) is 0 Å². The number of nitrogens with two attached hydrogens (primary N) is 1. The van der Waals surface area contributed by atoms with Crippen molar-refractivity contribution in [2.45, 2.75) is 26.4 Å². The first kappa shape index (κ1) is 14.0. The quantitative estimate of drug-likeness (QED) is 0.736. The molecule has 0 spiro atoms. The SMILES string of the molecule is CC(C)NCc1nnc(Nc2ccc(C(N)=O)cc2)o1. The second-order valence-corrected chi connectivity index (χ2v) is 4.60. The molecule has 0 aliphatic carbocycles. The summed E-state index contributed by atoms with van der Waals surface area (Å²) in [4.78, 5) is 11.0. The number of rotatable bonds is 6. The molecule has 1 aromatic carbocycles. The molecule has 0 aliphatic rings. The Balaban J connectivity index is 1.97. The van der Waals surface area contributed by atoms with Gasteiger partial charge in [-0.15, -0.1) is 5.10 Å². The summed E-state index contributed by atoms with van der Waals surface area (Å²) in [6, 6.07) is 7.34. The Morgan fingerprint density at radius 1 is 1.30 bits per heavy atom. The number of amides is 1. The molecule has 7 heteroatoms. The van der Waals surface area contributed by atoms with E-state index in [2.05, 4.69) is 20.8 Å². The largest absolute Gasteiger partial charge is 0.406 e. The molecular formula is C13H17N5O2. The minimum absolute atomic E-state index is 0.303. The lowest BCUT2D eigenvalue weighted by Gasteiger charge is -2.04. The van der Waals surface area contributed by atoms with Crippen molar-refractivity contribution < 1.29 is 9.21 Å². The van der Waals surface area contributed by atoms with E-state index >= 15 is 0 Å². The van der Waals surface area contributed by atoms with Gasteiger partial charge in [-0.1, -0.05) is 18.9 Å². The van der Waals surface area contributed by atoms with Gasteiger partial charge >= 0.3 is 6.01 Å². The molecule has 1 heterocycles. The lowest BCUT2D eigenvalue weighted by Crippen LogP contribution is -2.21. The lowest BCUT2D eigenvalue weighted by atomic mass is 10.2. The summed E-state index contributed by atoms with van der Waals surface area (Å²) in [5.74, 6) is 0.0475. The summed E-state index contributed by atoms with van der Waals surface area (Å²) >= 11 is 0. The summed E-state index contributed by atoms with van der Waals surface area (Å²) in [5.41, 5.74) is 6.36. The van der Waals surface area contributed by atoms with Gasteiger partial charge in [-0.05, 0) is 24.3 Å². The molecular weight excluding hydrogens is 258 g/mol. The summed E-state index contributed by atoms with van der Waals surface area (Å²) < 4.78 is 5.43. The first-order valence-electron chi connectivity index (χ1n) is 6.27. The molecule has 1 aromatic heterocycles. The van der Waals surface area contributed by atoms with Crippen molar-refractivity contribution >= 4 is 17.6 Å². The van der Waals surface area contributed by atoms with Crippen LogP contribution in [0, 0.1) is 0 Å². The normalized spacial score (nSPS) is 10.8. The monoisotopic (exact) mass is 275 g/mol. The van der Waals surface area contributed by atoms with E-state index in [4.69, 9.17) is 10.2 Å². The van der Waals surface area contributed by atoms with Crippen LogP contribution in [0.1, 0.15) is 30.1 Å². The predicted octanol–water partition coefficient (Wildman–Crippen LogP) is 1.41. The highest BCUT2D eigenvalue weighted by Gasteiger charge is 2.07. The van der Waals surface area contributed by atoms with E-state index in [-0.39, 0.29) is 0 Å². The third kappa shape index (κ3) is 3.79. The Labute approximate surface area is 116 Å². The molecule has 0 saturated heterocycles. The Bertz CT molecular complexity index is 577. The Hall–Kier alpha value is -2.41. The van der Waals surface area contributed by atoms with Gasteiger partial charge in [0.05, 0.1) is 6.54 Å². The standard InChI is InChI=1S/C13H17N5O2/c1-8(2)15-7-11-17-18-13(20-11)16-10-5-3-9(4-6-10)12(14)19/h3-6,8,15H,7H2,1-2H3,(H2,14,19)(H,16,18). The Morgan fingerprint density at radius 3 is 2.60 bits per heavy atom. The van der Waals surface area contributed by atoms with Gasteiger partial charge in [0.1, 0.15) is 0 Å². The number of carbonyl (C=O) groups is 1. The lowest BCUT2D eigenvalue weighted by molar-refractivity contribution is 0.100. The predicted molar refractivity (Wildman–Crippen MR) is 74.5 cm³/mol. The maximum Gasteiger partial charge on any atom is 0.320 e. The fraction of sp³-hybridized carbons (Fsp3) is 0.308. The molecule has 0 saturated carbocycles. The molecule has 4 N–H and O–H groups in total. The molecule has 2 aromatic rings. The molecule has 0 bridgehead atoms. The van der Waals surface area contributed by atoms with Gasteiger partial charge in [0.15, 0.2) is 0 Å². The van der Waals surface area contributed by atoms with Crippen molar-refractivity contribution in [3.63, 3.8) is 0 Å². The maximum atomic E-state index is 11.0. The van der Waals surface area contributed by atoms with E-state index in [0.717, 1.165) is 5.69 Å². The highest BCUT2D eigenvalue weighted by Crippen LogP contribution is 2.15. The zero-order chi connectivity index (χ0) is 14.5. The minimum atomic E-state index is -0.462. The first-order chi connectivity index (χ1) is 9.54. The van der Waals surface area contributed by atoms with Gasteiger partial charge in [0.2, 0.25) is 11.8 Å². The van der Waals surface area contributed by atoms with Crippen LogP contribution in [0.15, 0.2) is 28.7 Å². The number of hydrogen-bond donors (Lipinski definition) is 3. The average molecular weight is 275 g/mol. The maximum absolute atomic E-state index is 11.0. The average Bonchev–Trinajstić information content (AvgIpc) is 2.84. The number of nitrogens with zero attached hydrogens (tertiary/aromatic N) is 2. The fourth-order valence-electron chi connectivity index (χ4n) is 1.51. The highest BCUT2D eigenvalue weighted by molar-refractivity contribution is 5.93. The van der Waals surface area contributed by atoms with E-state index in [1.54, 1.807) is 24.3 Å². The molecule has 20 heavy (non-hydrogen) atoms. The molecule has 0 aliphatic heterocycles. The highest BCUT2D eigenvalue weighted by atomic mass is 16.4. The number of carbonyl (C=O) groups excluding carboxylic acids is 1. The second kappa shape index (κ2) is 6.16. The third-order valence-corrected chi connectivity index (χ3v) is 2.55. The molecule has 106 valence electrons. The van der Waals surface area contributed by atoms with Crippen molar-refractivity contribution in [1.29, 1.82) is 0 Å². The van der Waals surface area contributed by atoms with E-state index in [0.29, 0.717) is 30.1 Å². The Morgan fingerprint density at radius 2 is 2.00 bits per heavy atom. The first-order valence-corrected chi connectivity index (χ1v) is 6.27. The van der Waals surface area contributed by atoms with Crippen LogP contribution in [-0.2, 0) is 6.54 Å². The summed E-state index contributed by atoms with van der Waals surface area (Å²) in [7, 11) is 0. The molecule has 7 nitrogen and oxygen atoms in total. The van der Waals surface area contributed by atoms with Crippen LogP contribution in [0.5, 0.6) is 0 Å². The summed E-state index contributed by atoms with van der Waals surface area (Å²) in [6.45, 7) is 4.60. The van der Waals surface area contributed by atoms with Crippen LogP contribution in [0.4, 0.5) is 11.7 Å². The summed E-state index contributed by atoms with van der Waals surface area (Å²) in [5, 5.41) is 13.9. The zero-order valence-corrected chi connectivity index (χ0v) is 11.4.